The van der Waals surface area contributed by atoms with E-state index in [2.05, 4.69) is 25.8 Å². The minimum atomic E-state index is -1.28. The summed E-state index contributed by atoms with van der Waals surface area (Å²) in [5, 5.41) is 19.7. The molecule has 5 rings (SSSR count). The molecule has 2 amide bonds. The molecule has 1 atom stereocenters. The molecular weight excluding hydrogens is 416 g/mol. The smallest absolute Gasteiger partial charge is 0.349 e. The standard InChI is InChI=1S/C21H22N6O5/c28-9-16(20(30)25-27-10-22-23-11-27)24-19(29)15-8-13-7-12-3-1-5-26-6-2-4-14(17(12)26)18(13)32-21(15)31/h7-8,10-11,16,28H,1-6,9H2,(H,24,29)(H,25,30)/t16-/m0/s1. The zero-order chi connectivity index (χ0) is 22.2. The van der Waals surface area contributed by atoms with Crippen molar-refractivity contribution in [2.45, 2.75) is 31.7 Å². The average Bonchev–Trinajstić information content (AvgIpc) is 3.30. The highest BCUT2D eigenvalue weighted by Gasteiger charge is 2.28. The van der Waals surface area contributed by atoms with Crippen LogP contribution in [0, 0.1) is 0 Å². The number of rotatable bonds is 5. The van der Waals surface area contributed by atoms with Crippen molar-refractivity contribution in [2.24, 2.45) is 0 Å². The number of aryl methyl sites for hydroxylation is 2. The monoisotopic (exact) mass is 438 g/mol. The SMILES string of the molecule is O=C(N[C@@H](CO)C(=O)Nn1cnnc1)c1cc2cc3c4c(c2oc1=O)CCCN4CCC3. The number of aliphatic hydroxyl groups excluding tert-OH is 1. The average molecular weight is 438 g/mol. The van der Waals surface area contributed by atoms with Crippen LogP contribution in [0.2, 0.25) is 0 Å². The van der Waals surface area contributed by atoms with Crippen LogP contribution in [-0.2, 0) is 17.6 Å². The summed E-state index contributed by atoms with van der Waals surface area (Å²) in [5.41, 5.74) is 5.30. The van der Waals surface area contributed by atoms with Crippen molar-refractivity contribution in [3.05, 3.63) is 51.9 Å². The molecule has 0 fully saturated rings. The summed E-state index contributed by atoms with van der Waals surface area (Å²) >= 11 is 0. The third kappa shape index (κ3) is 3.50. The predicted octanol–water partition coefficient (Wildman–Crippen LogP) is -0.0557. The van der Waals surface area contributed by atoms with Crippen LogP contribution in [0.1, 0.15) is 34.3 Å². The molecule has 11 heteroatoms. The van der Waals surface area contributed by atoms with E-state index in [1.54, 1.807) is 0 Å². The van der Waals surface area contributed by atoms with E-state index in [0.29, 0.717) is 11.0 Å². The second-order valence-electron chi connectivity index (χ2n) is 7.98. The molecule has 166 valence electrons. The Morgan fingerprint density at radius 1 is 1.16 bits per heavy atom. The maximum atomic E-state index is 12.8. The first-order valence-electron chi connectivity index (χ1n) is 10.5. The topological polar surface area (TPSA) is 143 Å². The number of nitrogens with one attached hydrogen (secondary N) is 2. The maximum absolute atomic E-state index is 12.8. The van der Waals surface area contributed by atoms with Crippen LogP contribution in [0.4, 0.5) is 5.69 Å². The van der Waals surface area contributed by atoms with Crippen molar-refractivity contribution in [1.82, 2.24) is 20.2 Å². The van der Waals surface area contributed by atoms with Gasteiger partial charge < -0.3 is 19.7 Å². The number of hydrogen-bond donors (Lipinski definition) is 3. The highest BCUT2D eigenvalue weighted by Crippen LogP contribution is 2.39. The van der Waals surface area contributed by atoms with Crippen molar-refractivity contribution in [1.29, 1.82) is 0 Å². The van der Waals surface area contributed by atoms with E-state index >= 15 is 0 Å². The van der Waals surface area contributed by atoms with Gasteiger partial charge in [0.2, 0.25) is 0 Å². The first-order valence-corrected chi connectivity index (χ1v) is 10.5. The lowest BCUT2D eigenvalue weighted by Crippen LogP contribution is -2.48. The summed E-state index contributed by atoms with van der Waals surface area (Å²) < 4.78 is 6.80. The zero-order valence-corrected chi connectivity index (χ0v) is 17.2. The third-order valence-electron chi connectivity index (χ3n) is 5.92. The van der Waals surface area contributed by atoms with Crippen LogP contribution in [0.25, 0.3) is 11.0 Å². The minimum Gasteiger partial charge on any atom is -0.422 e. The van der Waals surface area contributed by atoms with Gasteiger partial charge in [0.25, 0.3) is 11.8 Å². The second kappa shape index (κ2) is 8.08. The van der Waals surface area contributed by atoms with E-state index in [1.165, 1.54) is 34.6 Å². The fraction of sp³-hybridized carbons (Fsp3) is 0.381. The van der Waals surface area contributed by atoms with Crippen molar-refractivity contribution in [3.8, 4) is 0 Å². The van der Waals surface area contributed by atoms with Crippen molar-refractivity contribution in [3.63, 3.8) is 0 Å². The molecular formula is C21H22N6O5. The Labute approximate surface area is 182 Å². The molecule has 0 aliphatic carbocycles. The number of anilines is 1. The lowest BCUT2D eigenvalue weighted by atomic mass is 9.90. The number of nitrogens with zero attached hydrogens (tertiary/aromatic N) is 4. The van der Waals surface area contributed by atoms with E-state index in [-0.39, 0.29) is 5.56 Å². The number of carbonyl (C=O) groups is 2. The molecule has 1 aromatic carbocycles. The zero-order valence-electron chi connectivity index (χ0n) is 17.2. The van der Waals surface area contributed by atoms with Gasteiger partial charge >= 0.3 is 5.63 Å². The molecule has 2 aromatic heterocycles. The molecule has 3 N–H and O–H groups in total. The number of aliphatic hydroxyl groups is 1. The Kier molecular flexibility index (Phi) is 5.10. The number of amides is 2. The molecule has 0 saturated carbocycles. The molecule has 3 aromatic rings. The number of hydrogen-bond acceptors (Lipinski definition) is 8. The maximum Gasteiger partial charge on any atom is 0.349 e. The largest absolute Gasteiger partial charge is 0.422 e. The van der Waals surface area contributed by atoms with Gasteiger partial charge in [0.05, 0.1) is 6.61 Å². The van der Waals surface area contributed by atoms with Crippen molar-refractivity contribution in [2.75, 3.05) is 30.0 Å². The van der Waals surface area contributed by atoms with Gasteiger partial charge in [-0.3, -0.25) is 15.0 Å². The summed E-state index contributed by atoms with van der Waals surface area (Å²) in [4.78, 5) is 40.1. The van der Waals surface area contributed by atoms with Crippen LogP contribution in [0.3, 0.4) is 0 Å². The Morgan fingerprint density at radius 3 is 2.66 bits per heavy atom. The highest BCUT2D eigenvalue weighted by atomic mass is 16.4. The summed E-state index contributed by atoms with van der Waals surface area (Å²) in [6.45, 7) is 1.33. The van der Waals surface area contributed by atoms with Gasteiger partial charge in [-0.15, -0.1) is 10.2 Å². The fourth-order valence-electron chi connectivity index (χ4n) is 4.50. The second-order valence-corrected chi connectivity index (χ2v) is 7.98. The molecule has 0 bridgehead atoms. The fourth-order valence-corrected chi connectivity index (χ4v) is 4.50. The molecule has 32 heavy (non-hydrogen) atoms. The lowest BCUT2D eigenvalue weighted by molar-refractivity contribution is -0.119. The summed E-state index contributed by atoms with van der Waals surface area (Å²) in [6, 6.07) is 2.21. The molecule has 2 aliphatic rings. The normalized spacial score (nSPS) is 15.8. The van der Waals surface area contributed by atoms with Gasteiger partial charge in [0.15, 0.2) is 0 Å². The molecule has 0 radical (unpaired) electrons. The van der Waals surface area contributed by atoms with Crippen LogP contribution >= 0.6 is 0 Å². The Morgan fingerprint density at radius 2 is 1.91 bits per heavy atom. The Bertz CT molecular complexity index is 1250. The number of fused-ring (bicyclic) bond motifs is 2. The van der Waals surface area contributed by atoms with Gasteiger partial charge in [-0.2, -0.15) is 0 Å². The Balaban J connectivity index is 1.45. The minimum absolute atomic E-state index is 0.219. The van der Waals surface area contributed by atoms with E-state index in [0.717, 1.165) is 44.3 Å². The summed E-state index contributed by atoms with van der Waals surface area (Å²) in [6.07, 6.45) is 6.30. The van der Waals surface area contributed by atoms with E-state index in [1.807, 2.05) is 6.07 Å². The van der Waals surface area contributed by atoms with Gasteiger partial charge in [0.1, 0.15) is 29.8 Å². The Hall–Kier alpha value is -3.73. The van der Waals surface area contributed by atoms with Crippen molar-refractivity contribution >= 4 is 28.5 Å². The van der Waals surface area contributed by atoms with Gasteiger partial charge in [-0.1, -0.05) is 0 Å². The van der Waals surface area contributed by atoms with Crippen LogP contribution < -0.4 is 21.3 Å². The number of aromatic nitrogens is 3. The van der Waals surface area contributed by atoms with Crippen molar-refractivity contribution < 1.29 is 19.1 Å². The van der Waals surface area contributed by atoms with Crippen LogP contribution in [0.15, 0.2) is 34.0 Å². The first-order chi connectivity index (χ1) is 15.5. The molecule has 4 heterocycles. The molecule has 0 unspecified atom stereocenters. The molecule has 0 spiro atoms. The van der Waals surface area contributed by atoms with Crippen LogP contribution in [0.5, 0.6) is 0 Å². The van der Waals surface area contributed by atoms with Gasteiger partial charge in [-0.05, 0) is 43.4 Å². The molecule has 11 nitrogen and oxygen atoms in total. The third-order valence-corrected chi connectivity index (χ3v) is 5.92. The number of benzene rings is 1. The lowest BCUT2D eigenvalue weighted by Gasteiger charge is -2.37. The van der Waals surface area contributed by atoms with Gasteiger partial charge in [0, 0.05) is 29.7 Å². The summed E-state index contributed by atoms with van der Waals surface area (Å²) in [7, 11) is 0. The van der Waals surface area contributed by atoms with E-state index in [9.17, 15) is 19.5 Å². The highest BCUT2D eigenvalue weighted by molar-refractivity contribution is 6.01. The molecule has 2 aliphatic heterocycles. The van der Waals surface area contributed by atoms with Crippen LogP contribution in [-0.4, -0.2) is 57.5 Å². The quantitative estimate of drug-likeness (QED) is 0.471. The predicted molar refractivity (Wildman–Crippen MR) is 114 cm³/mol. The van der Waals surface area contributed by atoms with Gasteiger partial charge in [-0.25, -0.2) is 9.47 Å². The summed E-state index contributed by atoms with van der Waals surface area (Å²) in [5.74, 6) is -1.49. The number of carbonyl (C=O) groups excluding carboxylic acids is 2. The molecule has 0 saturated heterocycles. The van der Waals surface area contributed by atoms with E-state index in [4.69, 9.17) is 4.42 Å². The van der Waals surface area contributed by atoms with E-state index < -0.39 is 30.1 Å². The first kappa shape index (κ1) is 20.2.